The average molecular weight is 740 g/mol. The number of ether oxygens (including phenoxy) is 2. The normalized spacial score (nSPS) is 13.9. The van der Waals surface area contributed by atoms with Crippen LogP contribution in [0.25, 0.3) is 0 Å². The number of nitrogens with two attached hydrogens (primary N) is 1. The zero-order chi connectivity index (χ0) is 37.5. The summed E-state index contributed by atoms with van der Waals surface area (Å²) in [7, 11) is -4.38. The summed E-state index contributed by atoms with van der Waals surface area (Å²) in [5.41, 5.74) is 5.33. The van der Waals surface area contributed by atoms with Crippen molar-refractivity contribution in [3.05, 3.63) is 48.6 Å². The predicted molar refractivity (Wildman–Crippen MR) is 210 cm³/mol. The minimum atomic E-state index is -4.38. The maximum absolute atomic E-state index is 12.5. The fourth-order valence-corrected chi connectivity index (χ4v) is 5.98. The van der Waals surface area contributed by atoms with Gasteiger partial charge in [0.15, 0.2) is 6.10 Å². The molecule has 0 rings (SSSR count). The minimum absolute atomic E-state index is 0.0458. The molecule has 0 aliphatic carbocycles. The van der Waals surface area contributed by atoms with Gasteiger partial charge in [-0.25, -0.2) is 4.57 Å². The Labute approximate surface area is 311 Å². The highest BCUT2D eigenvalue weighted by molar-refractivity contribution is 7.47. The van der Waals surface area contributed by atoms with Gasteiger partial charge in [-0.3, -0.25) is 18.6 Å². The smallest absolute Gasteiger partial charge is 0.462 e. The predicted octanol–water partition coefficient (Wildman–Crippen LogP) is 11.2. The Morgan fingerprint density at radius 1 is 0.588 bits per heavy atom. The van der Waals surface area contributed by atoms with E-state index in [4.69, 9.17) is 24.3 Å². The quantitative estimate of drug-likeness (QED) is 0.0276. The van der Waals surface area contributed by atoms with E-state index in [0.29, 0.717) is 12.8 Å². The van der Waals surface area contributed by atoms with Gasteiger partial charge in [-0.2, -0.15) is 0 Å². The van der Waals surface area contributed by atoms with E-state index in [1.54, 1.807) is 0 Å². The molecule has 2 unspecified atom stereocenters. The molecular formula is C41H74NO8P. The SMILES string of the molecule is CCCCCC=CCC=CCC=CCC=CCCCC(=O)OCC(COP(=O)(O)OCCN)OC(=O)CCCCCCCCCCCCCCC. The van der Waals surface area contributed by atoms with Gasteiger partial charge in [-0.15, -0.1) is 0 Å². The number of hydrogen-bond acceptors (Lipinski definition) is 8. The number of carbonyl (C=O) groups excluding carboxylic acids is 2. The van der Waals surface area contributed by atoms with Gasteiger partial charge < -0.3 is 20.1 Å². The van der Waals surface area contributed by atoms with Crippen LogP contribution in [0.1, 0.15) is 168 Å². The molecule has 0 aromatic carbocycles. The topological polar surface area (TPSA) is 134 Å². The standard InChI is InChI=1S/C41H74NO8P/c1-3-5-7-9-11-13-15-17-18-19-20-22-23-25-27-29-31-33-40(43)47-37-39(38-49-51(45,46)48-36-35-42)50-41(44)34-32-30-28-26-24-21-16-14-12-10-8-6-4-2/h11,13,17-18,20,22,25,27,39H,3-10,12,14-16,19,21,23-24,26,28-38,42H2,1-2H3,(H,45,46). The molecule has 9 nitrogen and oxygen atoms in total. The molecule has 3 N–H and O–H groups in total. The number of phosphoric ester groups is 1. The molecule has 0 heterocycles. The summed E-state index contributed by atoms with van der Waals surface area (Å²) >= 11 is 0. The number of esters is 2. The van der Waals surface area contributed by atoms with E-state index in [-0.39, 0.29) is 32.6 Å². The van der Waals surface area contributed by atoms with Crippen molar-refractivity contribution < 1.29 is 37.6 Å². The first-order valence-electron chi connectivity index (χ1n) is 20.1. The lowest BCUT2D eigenvalue weighted by Gasteiger charge is -2.19. The molecule has 2 atom stereocenters. The first-order chi connectivity index (χ1) is 24.8. The number of unbranched alkanes of at least 4 members (excludes halogenated alkanes) is 16. The van der Waals surface area contributed by atoms with Crippen LogP contribution < -0.4 is 5.73 Å². The second-order valence-corrected chi connectivity index (χ2v) is 14.6. The third-order valence-corrected chi connectivity index (χ3v) is 9.20. The molecule has 51 heavy (non-hydrogen) atoms. The molecule has 0 radical (unpaired) electrons. The number of rotatable bonds is 37. The summed E-state index contributed by atoms with van der Waals surface area (Å²) in [6.07, 6.45) is 41.4. The lowest BCUT2D eigenvalue weighted by Crippen LogP contribution is -2.29. The Morgan fingerprint density at radius 2 is 1.04 bits per heavy atom. The summed E-state index contributed by atoms with van der Waals surface area (Å²) in [6, 6.07) is 0. The molecule has 0 spiro atoms. The highest BCUT2D eigenvalue weighted by atomic mass is 31.2. The van der Waals surface area contributed by atoms with Gasteiger partial charge >= 0.3 is 19.8 Å². The summed E-state index contributed by atoms with van der Waals surface area (Å²) in [5.74, 6) is -0.895. The minimum Gasteiger partial charge on any atom is -0.462 e. The van der Waals surface area contributed by atoms with E-state index in [9.17, 15) is 19.0 Å². The van der Waals surface area contributed by atoms with Crippen molar-refractivity contribution in [2.24, 2.45) is 5.73 Å². The van der Waals surface area contributed by atoms with Crippen molar-refractivity contribution in [1.82, 2.24) is 0 Å². The Kier molecular flexibility index (Phi) is 36.2. The highest BCUT2D eigenvalue weighted by Crippen LogP contribution is 2.43. The molecule has 0 saturated heterocycles. The van der Waals surface area contributed by atoms with Gasteiger partial charge in [-0.05, 0) is 51.4 Å². The summed E-state index contributed by atoms with van der Waals surface area (Å²) in [5, 5.41) is 0. The van der Waals surface area contributed by atoms with Crippen molar-refractivity contribution in [1.29, 1.82) is 0 Å². The summed E-state index contributed by atoms with van der Waals surface area (Å²) in [4.78, 5) is 34.7. The summed E-state index contributed by atoms with van der Waals surface area (Å²) in [6.45, 7) is 3.63. The number of phosphoric acid groups is 1. The second kappa shape index (κ2) is 37.7. The third kappa shape index (κ3) is 37.5. The number of carbonyl (C=O) groups is 2. The van der Waals surface area contributed by atoms with Crippen LogP contribution in [-0.2, 0) is 32.7 Å². The van der Waals surface area contributed by atoms with Gasteiger partial charge in [0.1, 0.15) is 6.61 Å². The van der Waals surface area contributed by atoms with E-state index >= 15 is 0 Å². The van der Waals surface area contributed by atoms with Gasteiger partial charge in [0, 0.05) is 19.4 Å². The van der Waals surface area contributed by atoms with Crippen molar-refractivity contribution in [3.63, 3.8) is 0 Å². The van der Waals surface area contributed by atoms with E-state index in [0.717, 1.165) is 44.9 Å². The van der Waals surface area contributed by atoms with Crippen molar-refractivity contribution in [3.8, 4) is 0 Å². The maximum Gasteiger partial charge on any atom is 0.472 e. The molecule has 296 valence electrons. The first-order valence-corrected chi connectivity index (χ1v) is 21.6. The van der Waals surface area contributed by atoms with Gasteiger partial charge in [0.05, 0.1) is 13.2 Å². The van der Waals surface area contributed by atoms with E-state index < -0.39 is 32.5 Å². The molecule has 0 amide bonds. The largest absolute Gasteiger partial charge is 0.472 e. The van der Waals surface area contributed by atoms with E-state index in [1.165, 1.54) is 83.5 Å². The van der Waals surface area contributed by atoms with E-state index in [1.807, 2.05) is 6.08 Å². The average Bonchev–Trinajstić information content (AvgIpc) is 3.11. The number of allylic oxidation sites excluding steroid dienone is 8. The van der Waals surface area contributed by atoms with Crippen molar-refractivity contribution in [2.75, 3.05) is 26.4 Å². The second-order valence-electron chi connectivity index (χ2n) is 13.2. The van der Waals surface area contributed by atoms with Crippen LogP contribution in [0.3, 0.4) is 0 Å². The molecule has 0 aromatic heterocycles. The number of hydrogen-bond donors (Lipinski definition) is 2. The molecule has 0 aromatic rings. The molecule has 0 saturated carbocycles. The van der Waals surface area contributed by atoms with E-state index in [2.05, 4.69) is 56.4 Å². The van der Waals surface area contributed by atoms with Crippen LogP contribution in [-0.4, -0.2) is 49.3 Å². The lowest BCUT2D eigenvalue weighted by molar-refractivity contribution is -0.161. The molecular weight excluding hydrogens is 665 g/mol. The third-order valence-electron chi connectivity index (χ3n) is 8.22. The van der Waals surface area contributed by atoms with Crippen LogP contribution in [0.4, 0.5) is 0 Å². The maximum atomic E-state index is 12.5. The molecule has 0 fully saturated rings. The van der Waals surface area contributed by atoms with Gasteiger partial charge in [0.25, 0.3) is 0 Å². The Balaban J connectivity index is 4.29. The monoisotopic (exact) mass is 740 g/mol. The van der Waals surface area contributed by atoms with Gasteiger partial charge in [0.2, 0.25) is 0 Å². The van der Waals surface area contributed by atoms with Crippen LogP contribution >= 0.6 is 7.82 Å². The Bertz CT molecular complexity index is 981. The van der Waals surface area contributed by atoms with Crippen LogP contribution in [0.2, 0.25) is 0 Å². The zero-order valence-electron chi connectivity index (χ0n) is 32.3. The lowest BCUT2D eigenvalue weighted by atomic mass is 10.0. The summed E-state index contributed by atoms with van der Waals surface area (Å²) < 4.78 is 32.6. The van der Waals surface area contributed by atoms with Crippen molar-refractivity contribution in [2.45, 2.75) is 174 Å². The molecule has 0 bridgehead atoms. The molecule has 10 heteroatoms. The van der Waals surface area contributed by atoms with Crippen LogP contribution in [0.15, 0.2) is 48.6 Å². The molecule has 0 aliphatic heterocycles. The fourth-order valence-electron chi connectivity index (χ4n) is 5.21. The Morgan fingerprint density at radius 3 is 1.57 bits per heavy atom. The van der Waals surface area contributed by atoms with Crippen molar-refractivity contribution >= 4 is 19.8 Å². The highest BCUT2D eigenvalue weighted by Gasteiger charge is 2.25. The Hall–Kier alpha value is -2.03. The first kappa shape index (κ1) is 49.0. The van der Waals surface area contributed by atoms with Gasteiger partial charge in [-0.1, -0.05) is 152 Å². The molecule has 0 aliphatic rings. The zero-order valence-corrected chi connectivity index (χ0v) is 33.2. The van der Waals surface area contributed by atoms with Crippen LogP contribution in [0, 0.1) is 0 Å². The fraction of sp³-hybridized carbons (Fsp3) is 0.756. The van der Waals surface area contributed by atoms with Crippen LogP contribution in [0.5, 0.6) is 0 Å².